The van der Waals surface area contributed by atoms with E-state index >= 15 is 0 Å². The van der Waals surface area contributed by atoms with Crippen molar-refractivity contribution in [3.8, 4) is 0 Å². The number of nitrogens with one attached hydrogen (secondary N) is 2. The van der Waals surface area contributed by atoms with Gasteiger partial charge in [0.1, 0.15) is 0 Å². The number of carbonyl (C=O) groups excluding carboxylic acids is 1. The third kappa shape index (κ3) is 5.33. The summed E-state index contributed by atoms with van der Waals surface area (Å²) < 4.78 is 0. The predicted molar refractivity (Wildman–Crippen MR) is 98.6 cm³/mol. The van der Waals surface area contributed by atoms with Crippen LogP contribution in [0.25, 0.3) is 0 Å². The Morgan fingerprint density at radius 3 is 3.00 bits per heavy atom. The van der Waals surface area contributed by atoms with Gasteiger partial charge in [0.15, 0.2) is 0 Å². The van der Waals surface area contributed by atoms with Gasteiger partial charge in [0.25, 0.3) is 0 Å². The van der Waals surface area contributed by atoms with Crippen LogP contribution in [-0.4, -0.2) is 43.0 Å². The molecule has 2 fully saturated rings. The normalized spacial score (nSPS) is 25.1. The predicted octanol–water partition coefficient (Wildman–Crippen LogP) is 2.90. The summed E-state index contributed by atoms with van der Waals surface area (Å²) >= 11 is 7.92. The van der Waals surface area contributed by atoms with E-state index in [4.69, 9.17) is 11.6 Å². The molecule has 0 bridgehead atoms. The number of hydrogen-bond acceptors (Lipinski definition) is 4. The molecule has 1 amide bonds. The molecular formula is C16H25Cl2N3OS. The van der Waals surface area contributed by atoms with Gasteiger partial charge in [-0.2, -0.15) is 0 Å². The lowest BCUT2D eigenvalue weighted by Gasteiger charge is -2.32. The summed E-state index contributed by atoms with van der Waals surface area (Å²) in [5.41, 5.74) is 0. The molecule has 4 nitrogen and oxygen atoms in total. The third-order valence-electron chi connectivity index (χ3n) is 4.60. The molecule has 0 saturated carbocycles. The van der Waals surface area contributed by atoms with Gasteiger partial charge in [-0.25, -0.2) is 0 Å². The van der Waals surface area contributed by atoms with Gasteiger partial charge < -0.3 is 10.6 Å². The quantitative estimate of drug-likeness (QED) is 0.828. The third-order valence-corrected chi connectivity index (χ3v) is 5.98. The minimum atomic E-state index is 0. The highest BCUT2D eigenvalue weighted by atomic mass is 35.5. The topological polar surface area (TPSA) is 44.4 Å². The van der Waals surface area contributed by atoms with Gasteiger partial charge in [0.05, 0.1) is 11.1 Å². The van der Waals surface area contributed by atoms with Crippen molar-refractivity contribution in [2.75, 3.05) is 26.2 Å². The van der Waals surface area contributed by atoms with Crippen LogP contribution in [0.15, 0.2) is 11.4 Å². The molecule has 2 aliphatic rings. The van der Waals surface area contributed by atoms with Crippen molar-refractivity contribution in [3.05, 3.63) is 21.3 Å². The fourth-order valence-electron chi connectivity index (χ4n) is 3.38. The van der Waals surface area contributed by atoms with E-state index in [0.717, 1.165) is 50.6 Å². The maximum atomic E-state index is 12.1. The van der Waals surface area contributed by atoms with Crippen LogP contribution in [0, 0.1) is 5.92 Å². The smallest absolute Gasteiger partial charge is 0.237 e. The highest BCUT2D eigenvalue weighted by Crippen LogP contribution is 2.26. The minimum absolute atomic E-state index is 0. The van der Waals surface area contributed by atoms with E-state index in [1.165, 1.54) is 17.7 Å². The van der Waals surface area contributed by atoms with E-state index < -0.39 is 0 Å². The zero-order chi connectivity index (χ0) is 15.4. The highest BCUT2D eigenvalue weighted by Gasteiger charge is 2.25. The molecule has 0 aromatic carbocycles. The Labute approximate surface area is 153 Å². The second-order valence-corrected chi connectivity index (χ2v) is 7.74. The molecule has 2 saturated heterocycles. The largest absolute Gasteiger partial charge is 0.354 e. The van der Waals surface area contributed by atoms with Gasteiger partial charge >= 0.3 is 0 Å². The van der Waals surface area contributed by atoms with Gasteiger partial charge in [0, 0.05) is 24.5 Å². The number of thiophene rings is 1. The number of nitrogens with zero attached hydrogens (tertiary/aromatic N) is 1. The number of hydrogen-bond donors (Lipinski definition) is 2. The van der Waals surface area contributed by atoms with Gasteiger partial charge in [-0.05, 0) is 56.1 Å². The first-order valence-electron chi connectivity index (χ1n) is 8.17. The molecule has 3 rings (SSSR count). The summed E-state index contributed by atoms with van der Waals surface area (Å²) in [5.74, 6) is 0.730. The van der Waals surface area contributed by atoms with Crippen LogP contribution < -0.4 is 10.6 Å². The maximum Gasteiger partial charge on any atom is 0.237 e. The molecule has 2 aliphatic heterocycles. The molecule has 3 heterocycles. The number of halogens is 2. The Bertz CT molecular complexity index is 505. The van der Waals surface area contributed by atoms with Crippen molar-refractivity contribution in [2.24, 2.45) is 5.92 Å². The molecule has 23 heavy (non-hydrogen) atoms. The lowest BCUT2D eigenvalue weighted by atomic mass is 9.97. The molecule has 0 radical (unpaired) electrons. The summed E-state index contributed by atoms with van der Waals surface area (Å²) in [4.78, 5) is 15.8. The Kier molecular flexibility index (Phi) is 7.63. The molecule has 2 unspecified atom stereocenters. The molecule has 2 atom stereocenters. The Balaban J connectivity index is 0.00000192. The molecular weight excluding hydrogens is 353 g/mol. The minimum Gasteiger partial charge on any atom is -0.354 e. The van der Waals surface area contributed by atoms with Crippen LogP contribution in [-0.2, 0) is 11.3 Å². The highest BCUT2D eigenvalue weighted by molar-refractivity contribution is 7.10. The second kappa shape index (κ2) is 9.23. The van der Waals surface area contributed by atoms with Crippen LogP contribution in [0.5, 0.6) is 0 Å². The van der Waals surface area contributed by atoms with Gasteiger partial charge in [-0.3, -0.25) is 9.69 Å². The number of likely N-dealkylation sites (tertiary alicyclic amines) is 1. The number of carbonyl (C=O) groups is 1. The summed E-state index contributed by atoms with van der Waals surface area (Å²) in [7, 11) is 0. The molecule has 2 N–H and O–H groups in total. The van der Waals surface area contributed by atoms with Gasteiger partial charge in [0.2, 0.25) is 5.91 Å². The van der Waals surface area contributed by atoms with Crippen molar-refractivity contribution in [1.29, 1.82) is 0 Å². The van der Waals surface area contributed by atoms with Crippen molar-refractivity contribution >= 4 is 41.3 Å². The van der Waals surface area contributed by atoms with Crippen molar-refractivity contribution in [1.82, 2.24) is 15.5 Å². The Hall–Kier alpha value is -0.330. The SMILES string of the molecule is Cl.O=C(NCC1CCCN(Cc2sccc2Cl)C1)C1CCCN1. The Morgan fingerprint density at radius 1 is 1.43 bits per heavy atom. The van der Waals surface area contributed by atoms with Gasteiger partial charge in [-0.15, -0.1) is 23.7 Å². The standard InChI is InChI=1S/C16H24ClN3OS.ClH/c17-13-5-8-22-15(13)11-20-7-2-3-12(10-20)9-19-16(21)14-4-1-6-18-14;/h5,8,12,14,18H,1-4,6-7,9-11H2,(H,19,21);1H. The zero-order valence-corrected chi connectivity index (χ0v) is 15.6. The summed E-state index contributed by atoms with van der Waals surface area (Å²) in [6, 6.07) is 2.00. The van der Waals surface area contributed by atoms with Crippen LogP contribution in [0.1, 0.15) is 30.6 Å². The van der Waals surface area contributed by atoms with Crippen molar-refractivity contribution in [3.63, 3.8) is 0 Å². The maximum absolute atomic E-state index is 12.1. The lowest BCUT2D eigenvalue weighted by Crippen LogP contribution is -2.45. The summed E-state index contributed by atoms with van der Waals surface area (Å²) in [6.45, 7) is 4.88. The van der Waals surface area contributed by atoms with Crippen molar-refractivity contribution in [2.45, 2.75) is 38.3 Å². The van der Waals surface area contributed by atoms with E-state index in [9.17, 15) is 4.79 Å². The molecule has 0 spiro atoms. The van der Waals surface area contributed by atoms with Crippen LogP contribution >= 0.6 is 35.3 Å². The van der Waals surface area contributed by atoms with Crippen LogP contribution in [0.3, 0.4) is 0 Å². The van der Waals surface area contributed by atoms with Crippen LogP contribution in [0.2, 0.25) is 5.02 Å². The van der Waals surface area contributed by atoms with E-state index in [1.807, 2.05) is 11.4 Å². The summed E-state index contributed by atoms with van der Waals surface area (Å²) in [6.07, 6.45) is 4.48. The van der Waals surface area contributed by atoms with E-state index in [-0.39, 0.29) is 24.4 Å². The first kappa shape index (κ1) is 19.0. The molecule has 1 aromatic rings. The first-order chi connectivity index (χ1) is 10.7. The van der Waals surface area contributed by atoms with Gasteiger partial charge in [-0.1, -0.05) is 11.6 Å². The number of rotatable bonds is 5. The zero-order valence-electron chi connectivity index (χ0n) is 13.2. The van der Waals surface area contributed by atoms with Crippen LogP contribution in [0.4, 0.5) is 0 Å². The lowest BCUT2D eigenvalue weighted by molar-refractivity contribution is -0.123. The fraction of sp³-hybridized carbons (Fsp3) is 0.688. The van der Waals surface area contributed by atoms with E-state index in [0.29, 0.717) is 5.92 Å². The van der Waals surface area contributed by atoms with E-state index in [1.54, 1.807) is 11.3 Å². The number of piperidine rings is 1. The average molecular weight is 378 g/mol. The molecule has 130 valence electrons. The van der Waals surface area contributed by atoms with Crippen molar-refractivity contribution < 1.29 is 4.79 Å². The monoisotopic (exact) mass is 377 g/mol. The number of amides is 1. The summed E-state index contributed by atoms with van der Waals surface area (Å²) in [5, 5.41) is 9.32. The first-order valence-corrected chi connectivity index (χ1v) is 9.43. The second-order valence-electron chi connectivity index (χ2n) is 6.33. The molecule has 0 aliphatic carbocycles. The Morgan fingerprint density at radius 2 is 2.30 bits per heavy atom. The molecule has 7 heteroatoms. The molecule has 1 aromatic heterocycles. The van der Waals surface area contributed by atoms with E-state index in [2.05, 4.69) is 15.5 Å². The average Bonchev–Trinajstić information content (AvgIpc) is 3.18. The fourth-order valence-corrected chi connectivity index (χ4v) is 4.52.